The molecule has 4 N–H and O–H groups in total. The van der Waals surface area contributed by atoms with Crippen molar-refractivity contribution in [2.45, 2.75) is 117 Å². The molecule has 0 atom stereocenters. The molecular formula is C22H42N6O2+2. The normalized spacial score (nSPS) is 11.4. The Morgan fingerprint density at radius 1 is 0.600 bits per heavy atom. The largest absolute Gasteiger partial charge is 0.362 e. The Labute approximate surface area is 180 Å². The molecule has 8 heteroatoms. The molecule has 30 heavy (non-hydrogen) atoms. The fraction of sp³-hybridized carbons (Fsp3) is 0.818. The van der Waals surface area contributed by atoms with Gasteiger partial charge >= 0.3 is 0 Å². The molecule has 0 bridgehead atoms. The SMILES string of the molecule is CCCCCCCC[n+]1noc(N)c1CCc1c(N)on[n+]1CCCCCCCC. The van der Waals surface area contributed by atoms with Crippen LogP contribution in [-0.2, 0) is 25.9 Å². The Balaban J connectivity index is 1.82. The quantitative estimate of drug-likeness (QED) is 0.295. The van der Waals surface area contributed by atoms with Crippen LogP contribution in [0.25, 0.3) is 0 Å². The lowest BCUT2D eigenvalue weighted by molar-refractivity contribution is -0.772. The van der Waals surface area contributed by atoms with Gasteiger partial charge in [-0.05, 0) is 22.2 Å². The van der Waals surface area contributed by atoms with E-state index in [1.165, 1.54) is 64.2 Å². The predicted molar refractivity (Wildman–Crippen MR) is 116 cm³/mol. The molecule has 2 rings (SSSR count). The minimum absolute atomic E-state index is 0.387. The van der Waals surface area contributed by atoms with Gasteiger partial charge < -0.3 is 11.5 Å². The van der Waals surface area contributed by atoms with E-state index >= 15 is 0 Å². The molecule has 0 spiro atoms. The summed E-state index contributed by atoms with van der Waals surface area (Å²) in [4.78, 5) is 0. The Kier molecular flexibility index (Phi) is 11.3. The van der Waals surface area contributed by atoms with Gasteiger partial charge in [-0.25, -0.2) is 0 Å². The molecule has 2 heterocycles. The highest BCUT2D eigenvalue weighted by Crippen LogP contribution is 2.14. The third-order valence-corrected chi connectivity index (χ3v) is 5.71. The van der Waals surface area contributed by atoms with E-state index in [4.69, 9.17) is 20.5 Å². The van der Waals surface area contributed by atoms with Gasteiger partial charge in [0, 0.05) is 12.8 Å². The molecule has 0 saturated carbocycles. The number of aromatic nitrogens is 4. The lowest BCUT2D eigenvalue weighted by Crippen LogP contribution is -2.42. The van der Waals surface area contributed by atoms with Crippen LogP contribution in [0.1, 0.15) is 102 Å². The van der Waals surface area contributed by atoms with Crippen molar-refractivity contribution >= 4 is 11.8 Å². The number of rotatable bonds is 17. The maximum Gasteiger partial charge on any atom is 0.296 e. The van der Waals surface area contributed by atoms with Gasteiger partial charge in [-0.1, -0.05) is 65.2 Å². The molecule has 2 aromatic rings. The van der Waals surface area contributed by atoms with Crippen LogP contribution in [0.15, 0.2) is 9.05 Å². The monoisotopic (exact) mass is 422 g/mol. The van der Waals surface area contributed by atoms with Crippen molar-refractivity contribution in [3.8, 4) is 0 Å². The van der Waals surface area contributed by atoms with Gasteiger partial charge in [-0.2, -0.15) is 0 Å². The molecule has 0 aliphatic rings. The predicted octanol–water partition coefficient (Wildman–Crippen LogP) is 3.91. The molecule has 0 saturated heterocycles. The summed E-state index contributed by atoms with van der Waals surface area (Å²) in [5, 5.41) is 8.24. The average Bonchev–Trinajstić information content (AvgIpc) is 3.27. The van der Waals surface area contributed by atoms with Gasteiger partial charge in [0.25, 0.3) is 23.2 Å². The maximum atomic E-state index is 6.04. The van der Waals surface area contributed by atoms with E-state index < -0.39 is 0 Å². The van der Waals surface area contributed by atoms with Crippen molar-refractivity contribution in [1.29, 1.82) is 0 Å². The van der Waals surface area contributed by atoms with Gasteiger partial charge in [0.15, 0.2) is 13.1 Å². The summed E-state index contributed by atoms with van der Waals surface area (Å²) >= 11 is 0. The zero-order valence-corrected chi connectivity index (χ0v) is 19.1. The summed E-state index contributed by atoms with van der Waals surface area (Å²) < 4.78 is 14.3. The van der Waals surface area contributed by atoms with E-state index in [1.807, 2.05) is 9.36 Å². The van der Waals surface area contributed by atoms with Crippen molar-refractivity contribution in [3.05, 3.63) is 11.4 Å². The van der Waals surface area contributed by atoms with Crippen LogP contribution in [0.5, 0.6) is 0 Å². The second-order valence-corrected chi connectivity index (χ2v) is 8.25. The first-order valence-corrected chi connectivity index (χ1v) is 12.0. The fourth-order valence-corrected chi connectivity index (χ4v) is 3.82. The van der Waals surface area contributed by atoms with Gasteiger partial charge in [0.05, 0.1) is 12.8 Å². The lowest BCUT2D eigenvalue weighted by atomic mass is 10.1. The van der Waals surface area contributed by atoms with E-state index in [0.717, 1.165) is 37.3 Å². The third-order valence-electron chi connectivity index (χ3n) is 5.71. The van der Waals surface area contributed by atoms with Crippen LogP contribution >= 0.6 is 0 Å². The van der Waals surface area contributed by atoms with Crippen LogP contribution in [-0.4, -0.2) is 10.5 Å². The summed E-state index contributed by atoms with van der Waals surface area (Å²) in [5.74, 6) is 0.775. The first-order chi connectivity index (χ1) is 14.7. The van der Waals surface area contributed by atoms with Crippen molar-refractivity contribution in [2.75, 3.05) is 11.5 Å². The molecule has 0 radical (unpaired) electrons. The average molecular weight is 423 g/mol. The summed E-state index contributed by atoms with van der Waals surface area (Å²) in [6, 6.07) is 0. The molecule has 0 unspecified atom stereocenters. The van der Waals surface area contributed by atoms with Crippen molar-refractivity contribution in [1.82, 2.24) is 10.5 Å². The number of nitrogens with zero attached hydrogens (tertiary/aromatic N) is 4. The highest BCUT2D eigenvalue weighted by atomic mass is 16.5. The van der Waals surface area contributed by atoms with Gasteiger partial charge in [-0.15, -0.1) is 0 Å². The van der Waals surface area contributed by atoms with Crippen LogP contribution in [0, 0.1) is 0 Å². The molecular weight excluding hydrogens is 380 g/mol. The molecule has 0 aliphatic carbocycles. The van der Waals surface area contributed by atoms with E-state index in [2.05, 4.69) is 24.4 Å². The minimum Gasteiger partial charge on any atom is -0.362 e. The summed E-state index contributed by atoms with van der Waals surface area (Å²) in [5.41, 5.74) is 13.9. The molecule has 0 aromatic carbocycles. The summed E-state index contributed by atoms with van der Waals surface area (Å²) in [6.07, 6.45) is 16.3. The number of hydrogen-bond donors (Lipinski definition) is 2. The van der Waals surface area contributed by atoms with Gasteiger partial charge in [0.2, 0.25) is 10.5 Å². The van der Waals surface area contributed by atoms with Crippen molar-refractivity contribution in [2.24, 2.45) is 0 Å². The smallest absolute Gasteiger partial charge is 0.296 e. The highest BCUT2D eigenvalue weighted by Gasteiger charge is 2.27. The molecule has 0 amide bonds. The van der Waals surface area contributed by atoms with E-state index in [0.29, 0.717) is 24.6 Å². The minimum atomic E-state index is 0.387. The number of nitrogen functional groups attached to an aromatic ring is 2. The number of nitrogens with two attached hydrogens (primary N) is 2. The second kappa shape index (κ2) is 14.0. The van der Waals surface area contributed by atoms with Gasteiger partial charge in [-0.3, -0.25) is 9.05 Å². The van der Waals surface area contributed by atoms with Gasteiger partial charge in [0.1, 0.15) is 0 Å². The fourth-order valence-electron chi connectivity index (χ4n) is 3.82. The first-order valence-electron chi connectivity index (χ1n) is 12.0. The zero-order valence-electron chi connectivity index (χ0n) is 19.1. The maximum absolute atomic E-state index is 6.04. The number of hydrogen-bond acceptors (Lipinski definition) is 6. The second-order valence-electron chi connectivity index (χ2n) is 8.25. The zero-order chi connectivity index (χ0) is 21.6. The van der Waals surface area contributed by atoms with E-state index in [9.17, 15) is 0 Å². The van der Waals surface area contributed by atoms with Crippen LogP contribution in [0.3, 0.4) is 0 Å². The highest BCUT2D eigenvalue weighted by molar-refractivity contribution is 5.29. The van der Waals surface area contributed by atoms with Crippen LogP contribution in [0.2, 0.25) is 0 Å². The molecule has 2 aromatic heterocycles. The molecule has 0 fully saturated rings. The Morgan fingerprint density at radius 2 is 0.967 bits per heavy atom. The lowest BCUT2D eigenvalue weighted by Gasteiger charge is -1.98. The molecule has 8 nitrogen and oxygen atoms in total. The summed E-state index contributed by atoms with van der Waals surface area (Å²) in [6.45, 7) is 6.14. The third kappa shape index (κ3) is 7.95. The summed E-state index contributed by atoms with van der Waals surface area (Å²) in [7, 11) is 0. The Morgan fingerprint density at radius 3 is 1.37 bits per heavy atom. The number of unbranched alkanes of at least 4 members (excludes halogenated alkanes) is 10. The Bertz CT molecular complexity index is 652. The van der Waals surface area contributed by atoms with Crippen molar-refractivity contribution < 1.29 is 18.4 Å². The Hall–Kier alpha value is -2.12. The number of aryl methyl sites for hydroxylation is 2. The van der Waals surface area contributed by atoms with E-state index in [-0.39, 0.29) is 0 Å². The number of anilines is 2. The van der Waals surface area contributed by atoms with Crippen LogP contribution < -0.4 is 20.8 Å². The van der Waals surface area contributed by atoms with E-state index in [1.54, 1.807) is 0 Å². The van der Waals surface area contributed by atoms with Crippen molar-refractivity contribution in [3.63, 3.8) is 0 Å². The molecule has 170 valence electrons. The van der Waals surface area contributed by atoms with Crippen LogP contribution in [0.4, 0.5) is 11.8 Å². The molecule has 0 aliphatic heterocycles. The standard InChI is InChI=1S/C22H42N6O2/c1-3-5-7-9-11-13-17-27-19(21(23)29-25-27)15-16-20-22(24)30-26-28(20)18-14-12-10-8-6-4-2/h3-18,23-24H2,1-2H3/q+2. The topological polar surface area (TPSA) is 112 Å². The first kappa shape index (κ1) is 24.2.